The molecule has 0 spiro atoms. The molecule has 0 fully saturated rings. The average molecular weight is 230 g/mol. The molecule has 0 N–H and O–H groups in total. The minimum atomic E-state index is -0.149. The first-order chi connectivity index (χ1) is 7.60. The van der Waals surface area contributed by atoms with Crippen molar-refractivity contribution in [3.05, 3.63) is 0 Å². The van der Waals surface area contributed by atoms with Crippen molar-refractivity contribution in [1.29, 1.82) is 0 Å². The van der Waals surface area contributed by atoms with Crippen LogP contribution in [0.3, 0.4) is 0 Å². The molecule has 0 aliphatic carbocycles. The van der Waals surface area contributed by atoms with Crippen LogP contribution in [0.4, 0.5) is 0 Å². The fourth-order valence-corrected chi connectivity index (χ4v) is 0.983. The van der Waals surface area contributed by atoms with Gasteiger partial charge in [-0.1, -0.05) is 40.5 Å². The van der Waals surface area contributed by atoms with E-state index in [4.69, 9.17) is 9.47 Å². The van der Waals surface area contributed by atoms with Crippen molar-refractivity contribution in [2.75, 3.05) is 19.8 Å². The van der Waals surface area contributed by atoms with Gasteiger partial charge in [0.25, 0.3) is 0 Å². The molecule has 2 atom stereocenters. The van der Waals surface area contributed by atoms with Gasteiger partial charge in [-0.25, -0.2) is 0 Å². The second-order valence-corrected chi connectivity index (χ2v) is 4.53. The number of carbonyl (C=O) groups excluding carboxylic acids is 1. The van der Waals surface area contributed by atoms with Crippen molar-refractivity contribution < 1.29 is 14.3 Å². The second-order valence-electron chi connectivity index (χ2n) is 4.53. The van der Waals surface area contributed by atoms with Crippen LogP contribution in [0.2, 0.25) is 0 Å². The maximum Gasteiger partial charge on any atom is 0.308 e. The van der Waals surface area contributed by atoms with Gasteiger partial charge in [-0.05, 0) is 11.8 Å². The van der Waals surface area contributed by atoms with E-state index in [1.807, 2.05) is 0 Å². The lowest BCUT2D eigenvalue weighted by Gasteiger charge is -2.11. The molecule has 0 saturated heterocycles. The first-order valence-corrected chi connectivity index (χ1v) is 6.33. The van der Waals surface area contributed by atoms with E-state index in [0.29, 0.717) is 31.5 Å². The highest BCUT2D eigenvalue weighted by molar-refractivity contribution is 5.69. The summed E-state index contributed by atoms with van der Waals surface area (Å²) in [6.45, 7) is 10.2. The third-order valence-corrected chi connectivity index (χ3v) is 2.78. The number of hydrogen-bond donors (Lipinski definition) is 0. The summed E-state index contributed by atoms with van der Waals surface area (Å²) >= 11 is 0. The Morgan fingerprint density at radius 1 is 1.06 bits per heavy atom. The quantitative estimate of drug-likeness (QED) is 0.451. The van der Waals surface area contributed by atoms with Crippen molar-refractivity contribution in [2.45, 2.75) is 47.0 Å². The van der Waals surface area contributed by atoms with Gasteiger partial charge in [-0.3, -0.25) is 4.79 Å². The van der Waals surface area contributed by atoms with Crippen LogP contribution >= 0.6 is 0 Å². The summed E-state index contributed by atoms with van der Waals surface area (Å²) in [5.74, 6) is 0.866. The van der Waals surface area contributed by atoms with Crippen LogP contribution in [0.1, 0.15) is 47.0 Å². The van der Waals surface area contributed by atoms with E-state index in [2.05, 4.69) is 27.7 Å². The van der Waals surface area contributed by atoms with E-state index < -0.39 is 0 Å². The highest BCUT2D eigenvalue weighted by Crippen LogP contribution is 2.03. The minimum Gasteiger partial charge on any atom is -0.465 e. The van der Waals surface area contributed by atoms with Crippen molar-refractivity contribution in [2.24, 2.45) is 11.8 Å². The van der Waals surface area contributed by atoms with Gasteiger partial charge in [-0.15, -0.1) is 0 Å². The molecule has 2 unspecified atom stereocenters. The van der Waals surface area contributed by atoms with Crippen LogP contribution in [0.15, 0.2) is 0 Å². The number of esters is 1. The Balaban J connectivity index is 3.37. The Bertz CT molecular complexity index is 180. The van der Waals surface area contributed by atoms with Gasteiger partial charge in [0.1, 0.15) is 0 Å². The van der Waals surface area contributed by atoms with Crippen molar-refractivity contribution >= 4 is 5.97 Å². The molecule has 0 saturated carbocycles. The maximum atomic E-state index is 11.3. The van der Waals surface area contributed by atoms with E-state index in [9.17, 15) is 4.79 Å². The van der Waals surface area contributed by atoms with Crippen LogP contribution in [-0.2, 0) is 14.3 Å². The summed E-state index contributed by atoms with van der Waals surface area (Å²) in [5.41, 5.74) is 0. The smallest absolute Gasteiger partial charge is 0.308 e. The van der Waals surface area contributed by atoms with E-state index in [-0.39, 0.29) is 5.97 Å². The number of hydrogen-bond acceptors (Lipinski definition) is 3. The molecule has 0 bridgehead atoms. The average Bonchev–Trinajstić information content (AvgIpc) is 2.31. The normalized spacial score (nSPS) is 14.5. The molecule has 3 nitrogen and oxygen atoms in total. The fourth-order valence-electron chi connectivity index (χ4n) is 0.983. The van der Waals surface area contributed by atoms with Crippen molar-refractivity contribution in [1.82, 2.24) is 0 Å². The first kappa shape index (κ1) is 15.4. The van der Waals surface area contributed by atoms with Crippen LogP contribution in [0.25, 0.3) is 0 Å². The topological polar surface area (TPSA) is 35.5 Å². The molecule has 0 rings (SSSR count). The summed E-state index contributed by atoms with van der Waals surface area (Å²) < 4.78 is 10.5. The van der Waals surface area contributed by atoms with Gasteiger partial charge in [0.2, 0.25) is 0 Å². The fraction of sp³-hybridized carbons (Fsp3) is 0.923. The molecular weight excluding hydrogens is 204 g/mol. The zero-order chi connectivity index (χ0) is 12.4. The van der Waals surface area contributed by atoms with Gasteiger partial charge < -0.3 is 9.47 Å². The lowest BCUT2D eigenvalue weighted by atomic mass is 10.1. The summed E-state index contributed by atoms with van der Waals surface area (Å²) in [6, 6.07) is 0. The van der Waals surface area contributed by atoms with Crippen LogP contribution in [-0.4, -0.2) is 25.8 Å². The molecule has 0 amide bonds. The highest BCUT2D eigenvalue weighted by Gasteiger charge is 2.06. The predicted octanol–water partition coefficient (Wildman–Crippen LogP) is 3.03. The molecular formula is C13H26O3. The molecule has 0 aromatic heterocycles. The summed E-state index contributed by atoms with van der Waals surface area (Å²) in [5, 5.41) is 0. The van der Waals surface area contributed by atoms with E-state index >= 15 is 0 Å². The Morgan fingerprint density at radius 2 is 1.62 bits per heavy atom. The van der Waals surface area contributed by atoms with Crippen molar-refractivity contribution in [3.8, 4) is 0 Å². The van der Waals surface area contributed by atoms with Gasteiger partial charge in [-0.2, -0.15) is 0 Å². The van der Waals surface area contributed by atoms with Gasteiger partial charge in [0.05, 0.1) is 19.6 Å². The standard InChI is InChI=1S/C13H26O3/c1-5-11(3)9-15-8-7-13(14)16-10-12(4)6-2/h11-12H,5-10H2,1-4H3. The first-order valence-electron chi connectivity index (χ1n) is 6.33. The lowest BCUT2D eigenvalue weighted by molar-refractivity contribution is -0.146. The number of rotatable bonds is 9. The Labute approximate surface area is 99.5 Å². The predicted molar refractivity (Wildman–Crippen MR) is 65.3 cm³/mol. The van der Waals surface area contributed by atoms with E-state index in [0.717, 1.165) is 19.4 Å². The summed E-state index contributed by atoms with van der Waals surface area (Å²) in [7, 11) is 0. The largest absolute Gasteiger partial charge is 0.465 e. The zero-order valence-corrected chi connectivity index (χ0v) is 11.1. The minimum absolute atomic E-state index is 0.149. The third-order valence-electron chi connectivity index (χ3n) is 2.78. The van der Waals surface area contributed by atoms with Gasteiger partial charge in [0.15, 0.2) is 0 Å². The lowest BCUT2D eigenvalue weighted by Crippen LogP contribution is -2.14. The SMILES string of the molecule is CCC(C)COCCC(=O)OCC(C)CC. The van der Waals surface area contributed by atoms with Crippen LogP contribution in [0.5, 0.6) is 0 Å². The summed E-state index contributed by atoms with van der Waals surface area (Å²) in [4.78, 5) is 11.3. The van der Waals surface area contributed by atoms with Gasteiger partial charge >= 0.3 is 5.97 Å². The van der Waals surface area contributed by atoms with E-state index in [1.165, 1.54) is 0 Å². The van der Waals surface area contributed by atoms with Crippen molar-refractivity contribution in [3.63, 3.8) is 0 Å². The van der Waals surface area contributed by atoms with Crippen LogP contribution in [0, 0.1) is 11.8 Å². The third kappa shape index (κ3) is 8.72. The molecule has 96 valence electrons. The molecule has 3 heteroatoms. The Hall–Kier alpha value is -0.570. The molecule has 16 heavy (non-hydrogen) atoms. The zero-order valence-electron chi connectivity index (χ0n) is 11.1. The number of carbonyl (C=O) groups is 1. The summed E-state index contributed by atoms with van der Waals surface area (Å²) in [6.07, 6.45) is 2.52. The second kappa shape index (κ2) is 9.64. The van der Waals surface area contributed by atoms with E-state index in [1.54, 1.807) is 0 Å². The highest BCUT2D eigenvalue weighted by atomic mass is 16.5. The Kier molecular flexibility index (Phi) is 9.30. The molecule has 0 heterocycles. The van der Waals surface area contributed by atoms with Crippen LogP contribution < -0.4 is 0 Å². The number of ether oxygens (including phenoxy) is 2. The molecule has 0 aromatic rings. The monoisotopic (exact) mass is 230 g/mol. The molecule has 0 aliphatic heterocycles. The molecule has 0 radical (unpaired) electrons. The molecule has 0 aromatic carbocycles. The molecule has 0 aliphatic rings. The van der Waals surface area contributed by atoms with Gasteiger partial charge in [0, 0.05) is 6.61 Å². The Morgan fingerprint density at radius 3 is 2.19 bits per heavy atom. The maximum absolute atomic E-state index is 11.3.